The lowest BCUT2D eigenvalue weighted by molar-refractivity contribution is 0.0122. The van der Waals surface area contributed by atoms with Crippen LogP contribution < -0.4 is 9.64 Å². The van der Waals surface area contributed by atoms with Gasteiger partial charge in [-0.2, -0.15) is 15.1 Å². The van der Waals surface area contributed by atoms with Gasteiger partial charge in [0.15, 0.2) is 0 Å². The number of piperazine rings is 1. The Morgan fingerprint density at radius 2 is 1.87 bits per heavy atom. The summed E-state index contributed by atoms with van der Waals surface area (Å²) in [5.74, 6) is 1.24. The number of carbonyl (C=O) groups is 1. The molecule has 1 aromatic carbocycles. The summed E-state index contributed by atoms with van der Waals surface area (Å²) in [5, 5.41) is 9.38. The molecule has 7 heterocycles. The molecule has 11 nitrogen and oxygen atoms in total. The molecular formula is C41H46ClFN8O3. The van der Waals surface area contributed by atoms with Gasteiger partial charge in [0, 0.05) is 59.2 Å². The number of hydrogen-bond donors (Lipinski definition) is 1. The Kier molecular flexibility index (Phi) is 7.10. The molecule has 1 amide bonds. The zero-order valence-electron chi connectivity index (χ0n) is 31.1. The summed E-state index contributed by atoms with van der Waals surface area (Å²) in [6.07, 6.45) is 11.1. The molecule has 3 aromatic heterocycles. The minimum absolute atomic E-state index is 0.00481. The number of nitrogens with zero attached hydrogens (tertiary/aromatic N) is 7. The molecule has 1 spiro atoms. The van der Waals surface area contributed by atoms with Crippen LogP contribution in [0.5, 0.6) is 6.01 Å². The van der Waals surface area contributed by atoms with Crippen molar-refractivity contribution in [2.24, 2.45) is 0 Å². The van der Waals surface area contributed by atoms with E-state index < -0.39 is 11.8 Å². The third-order valence-electron chi connectivity index (χ3n) is 13.3. The largest absolute Gasteiger partial charge is 0.461 e. The normalized spacial score (nSPS) is 27.8. The second-order valence-electron chi connectivity index (χ2n) is 18.0. The fourth-order valence-corrected chi connectivity index (χ4v) is 11.2. The molecule has 282 valence electrons. The lowest BCUT2D eigenvalue weighted by Crippen LogP contribution is -2.57. The highest BCUT2D eigenvalue weighted by molar-refractivity contribution is 6.33. The van der Waals surface area contributed by atoms with Crippen molar-refractivity contribution in [1.29, 1.82) is 0 Å². The molecule has 4 saturated heterocycles. The zero-order chi connectivity index (χ0) is 36.7. The number of carbonyl (C=O) groups excluding carboxylic acids is 1. The number of aromatic nitrogens is 5. The first-order valence-corrected chi connectivity index (χ1v) is 20.3. The van der Waals surface area contributed by atoms with E-state index in [-0.39, 0.29) is 29.1 Å². The van der Waals surface area contributed by atoms with Crippen molar-refractivity contribution in [3.63, 3.8) is 0 Å². The minimum Gasteiger partial charge on any atom is -0.461 e. The fourth-order valence-electron chi connectivity index (χ4n) is 10.8. The third kappa shape index (κ3) is 4.97. The highest BCUT2D eigenvalue weighted by Crippen LogP contribution is 2.66. The first kappa shape index (κ1) is 33.3. The van der Waals surface area contributed by atoms with E-state index in [2.05, 4.69) is 26.1 Å². The van der Waals surface area contributed by atoms with Crippen molar-refractivity contribution in [1.82, 2.24) is 34.9 Å². The molecule has 13 heteroatoms. The van der Waals surface area contributed by atoms with Crippen LogP contribution in [-0.2, 0) is 10.2 Å². The van der Waals surface area contributed by atoms with Gasteiger partial charge in [-0.05, 0) is 113 Å². The molecule has 1 N–H and O–H groups in total. The number of aromatic amines is 1. The average molecular weight is 753 g/mol. The number of amides is 1. The summed E-state index contributed by atoms with van der Waals surface area (Å²) in [4.78, 5) is 35.8. The number of H-pyrrole nitrogens is 1. The van der Waals surface area contributed by atoms with E-state index >= 15 is 0 Å². The minimum atomic E-state index is -0.842. The molecule has 2 bridgehead atoms. The lowest BCUT2D eigenvalue weighted by Gasteiger charge is -2.42. The summed E-state index contributed by atoms with van der Waals surface area (Å²) < 4.78 is 27.3. The maximum atomic E-state index is 14.8. The van der Waals surface area contributed by atoms with Gasteiger partial charge < -0.3 is 14.4 Å². The standard InChI is InChI=1S/C41H46ClFN8O3/c1-39(2,3)54-38(52)51-24-7-8-25(51)20-49(19-24)36-32-26-9-13-44-34(31-27-17-45-48-29(27)15-28(42)30(31)22-5-6-22)33(26)41(11-12-41)35(32)46-37(47-36)53-21-40-10-4-14-50(40)18-23(43)16-40/h9,13,15,17,22-25H,4-8,10-12,14,16,18-21H2,1-3H3,(H,45,48)/t23-,24-,25+,40+/m1/s1. The Balaban J connectivity index is 1.04. The number of hydrogen-bond acceptors (Lipinski definition) is 9. The van der Waals surface area contributed by atoms with Crippen LogP contribution in [0.2, 0.25) is 5.02 Å². The molecular weight excluding hydrogens is 707 g/mol. The van der Waals surface area contributed by atoms with Gasteiger partial charge in [0.2, 0.25) is 0 Å². The van der Waals surface area contributed by atoms with E-state index in [0.29, 0.717) is 44.6 Å². The maximum absolute atomic E-state index is 14.8. The van der Waals surface area contributed by atoms with E-state index in [1.807, 2.05) is 44.1 Å². The van der Waals surface area contributed by atoms with Crippen LogP contribution in [0.1, 0.15) is 101 Å². The summed E-state index contributed by atoms with van der Waals surface area (Å²) in [6, 6.07) is 4.49. The number of benzene rings is 1. The van der Waals surface area contributed by atoms with Crippen molar-refractivity contribution in [2.75, 3.05) is 37.7 Å². The fraction of sp³-hybridized carbons (Fsp3) is 0.585. The molecule has 54 heavy (non-hydrogen) atoms. The lowest BCUT2D eigenvalue weighted by atomic mass is 9.88. The maximum Gasteiger partial charge on any atom is 0.410 e. The predicted molar refractivity (Wildman–Crippen MR) is 203 cm³/mol. The van der Waals surface area contributed by atoms with Gasteiger partial charge in [-0.15, -0.1) is 0 Å². The molecule has 6 fully saturated rings. The van der Waals surface area contributed by atoms with Crippen LogP contribution in [0, 0.1) is 0 Å². The second-order valence-corrected chi connectivity index (χ2v) is 18.4. The number of fused-ring (bicyclic) bond motifs is 9. The number of alkyl halides is 1. The smallest absolute Gasteiger partial charge is 0.410 e. The van der Waals surface area contributed by atoms with Gasteiger partial charge in [-0.1, -0.05) is 11.6 Å². The van der Waals surface area contributed by atoms with Gasteiger partial charge in [-0.25, -0.2) is 9.18 Å². The van der Waals surface area contributed by atoms with Crippen molar-refractivity contribution in [2.45, 2.75) is 119 Å². The van der Waals surface area contributed by atoms with Crippen molar-refractivity contribution < 1.29 is 18.7 Å². The first-order valence-electron chi connectivity index (χ1n) is 19.9. The Morgan fingerprint density at radius 1 is 1.07 bits per heavy atom. The summed E-state index contributed by atoms with van der Waals surface area (Å²) in [6.45, 7) is 8.75. The summed E-state index contributed by atoms with van der Waals surface area (Å²) in [7, 11) is 0. The molecule has 4 atom stereocenters. The molecule has 7 aliphatic rings. The molecule has 2 saturated carbocycles. The Bertz CT molecular complexity index is 2220. The topological polar surface area (TPSA) is 113 Å². The highest BCUT2D eigenvalue weighted by atomic mass is 35.5. The number of anilines is 1. The predicted octanol–water partition coefficient (Wildman–Crippen LogP) is 7.55. The van der Waals surface area contributed by atoms with Gasteiger partial charge >= 0.3 is 12.1 Å². The SMILES string of the molecule is CC(C)(C)OC(=O)N1[C@@H]2CC[C@H]1CN(c1nc(OC[C@@]34CCCN3C[C@H](F)C4)nc3c1-c1ccnc(-c4c(C5CC5)c(Cl)cc5[nH]ncc45)c1C31CC1)C2. The number of nitrogens with one attached hydrogen (secondary N) is 1. The van der Waals surface area contributed by atoms with Gasteiger partial charge in [0.1, 0.15) is 24.2 Å². The quantitative estimate of drug-likeness (QED) is 0.213. The van der Waals surface area contributed by atoms with Crippen molar-refractivity contribution in [3.05, 3.63) is 46.4 Å². The monoisotopic (exact) mass is 752 g/mol. The van der Waals surface area contributed by atoms with Gasteiger partial charge in [0.05, 0.1) is 40.7 Å². The van der Waals surface area contributed by atoms with E-state index in [1.165, 1.54) is 5.56 Å². The van der Waals surface area contributed by atoms with Crippen molar-refractivity contribution >= 4 is 34.4 Å². The Labute approximate surface area is 319 Å². The molecule has 4 aromatic rings. The van der Waals surface area contributed by atoms with E-state index in [1.54, 1.807) is 0 Å². The zero-order valence-corrected chi connectivity index (χ0v) is 31.9. The first-order chi connectivity index (χ1) is 26.0. The van der Waals surface area contributed by atoms with Crippen LogP contribution in [0.25, 0.3) is 33.3 Å². The van der Waals surface area contributed by atoms with Crippen LogP contribution in [0.15, 0.2) is 24.5 Å². The third-order valence-corrected chi connectivity index (χ3v) is 13.7. The Hall–Kier alpha value is -4.03. The summed E-state index contributed by atoms with van der Waals surface area (Å²) in [5.41, 5.74) is 7.16. The second kappa shape index (κ2) is 11.5. The summed E-state index contributed by atoms with van der Waals surface area (Å²) >= 11 is 7.08. The number of halogens is 2. The molecule has 3 aliphatic carbocycles. The molecule has 4 aliphatic heterocycles. The Morgan fingerprint density at radius 3 is 2.61 bits per heavy atom. The van der Waals surface area contributed by atoms with E-state index in [9.17, 15) is 9.18 Å². The van der Waals surface area contributed by atoms with Crippen LogP contribution in [0.3, 0.4) is 0 Å². The number of pyridine rings is 1. The van der Waals surface area contributed by atoms with Crippen molar-refractivity contribution in [3.8, 4) is 28.4 Å². The van der Waals surface area contributed by atoms with Gasteiger partial charge in [0.25, 0.3) is 0 Å². The van der Waals surface area contributed by atoms with E-state index in [0.717, 1.165) is 113 Å². The number of rotatable bonds is 6. The van der Waals surface area contributed by atoms with Crippen LogP contribution >= 0.6 is 11.6 Å². The highest BCUT2D eigenvalue weighted by Gasteiger charge is 2.58. The van der Waals surface area contributed by atoms with Crippen LogP contribution in [-0.4, -0.2) is 103 Å². The number of ether oxygens (including phenoxy) is 2. The van der Waals surface area contributed by atoms with Gasteiger partial charge in [-0.3, -0.25) is 19.9 Å². The molecule has 11 rings (SSSR count). The average Bonchev–Trinajstić information content (AvgIpc) is 3.95. The van der Waals surface area contributed by atoms with Crippen LogP contribution in [0.4, 0.5) is 15.0 Å². The molecule has 0 unspecified atom stereocenters. The van der Waals surface area contributed by atoms with E-state index in [4.69, 9.17) is 36.0 Å². The molecule has 0 radical (unpaired) electrons.